The van der Waals surface area contributed by atoms with Crippen LogP contribution >= 0.6 is 11.6 Å². The molecule has 0 spiro atoms. The monoisotopic (exact) mass is 428 g/mol. The minimum atomic E-state index is 0.0573. The molecule has 0 atom stereocenters. The fourth-order valence-corrected chi connectivity index (χ4v) is 4.29. The molecule has 0 bridgehead atoms. The second kappa shape index (κ2) is 10.2. The fourth-order valence-electron chi connectivity index (χ4n) is 4.13. The van der Waals surface area contributed by atoms with Crippen molar-refractivity contribution in [2.24, 2.45) is 0 Å². The molecule has 0 radical (unpaired) electrons. The van der Waals surface area contributed by atoms with E-state index in [-0.39, 0.29) is 12.0 Å². The molecule has 0 saturated carbocycles. The summed E-state index contributed by atoms with van der Waals surface area (Å²) >= 11 is 6.22. The van der Waals surface area contributed by atoms with E-state index >= 15 is 0 Å². The second-order valence-corrected chi connectivity index (χ2v) is 8.47. The summed E-state index contributed by atoms with van der Waals surface area (Å²) in [7, 11) is 0. The predicted octanol–water partition coefficient (Wildman–Crippen LogP) is 5.12. The van der Waals surface area contributed by atoms with E-state index in [2.05, 4.69) is 11.0 Å². The topological polar surface area (TPSA) is 45.9 Å². The molecular formula is C24H29ClN2O3. The number of carbonyl (C=O) groups excluding carboxylic acids is 1. The first-order valence-corrected chi connectivity index (χ1v) is 11.2. The Balaban J connectivity index is 1.33. The highest BCUT2D eigenvalue weighted by molar-refractivity contribution is 6.30. The van der Waals surface area contributed by atoms with Crippen molar-refractivity contribution in [3.05, 3.63) is 59.0 Å². The van der Waals surface area contributed by atoms with Crippen molar-refractivity contribution < 1.29 is 13.9 Å². The van der Waals surface area contributed by atoms with Crippen LogP contribution in [-0.4, -0.2) is 54.5 Å². The van der Waals surface area contributed by atoms with Crippen LogP contribution in [0.25, 0.3) is 6.08 Å². The van der Waals surface area contributed by atoms with E-state index in [9.17, 15) is 4.79 Å². The van der Waals surface area contributed by atoms with Gasteiger partial charge in [-0.15, -0.1) is 0 Å². The quantitative estimate of drug-likeness (QED) is 0.640. The van der Waals surface area contributed by atoms with Crippen molar-refractivity contribution in [3.8, 4) is 5.75 Å². The molecule has 5 nitrogen and oxygen atoms in total. The van der Waals surface area contributed by atoms with Crippen molar-refractivity contribution in [2.45, 2.75) is 38.2 Å². The first-order chi connectivity index (χ1) is 14.7. The number of ether oxygens (including phenoxy) is 1. The predicted molar refractivity (Wildman–Crippen MR) is 119 cm³/mol. The van der Waals surface area contributed by atoms with E-state index in [4.69, 9.17) is 20.8 Å². The van der Waals surface area contributed by atoms with Crippen LogP contribution in [-0.2, 0) is 0 Å². The SMILES string of the molecule is O=C(c1ccc(Cl)cc1OC1CCN(CC=Cc2ccco2)CC1)N1CCCCC1. The molecule has 2 aliphatic heterocycles. The Hall–Kier alpha value is -2.24. The summed E-state index contributed by atoms with van der Waals surface area (Å²) in [5.74, 6) is 1.55. The lowest BCUT2D eigenvalue weighted by molar-refractivity contribution is 0.0706. The van der Waals surface area contributed by atoms with E-state index in [0.717, 1.165) is 64.2 Å². The van der Waals surface area contributed by atoms with Gasteiger partial charge in [0.2, 0.25) is 0 Å². The van der Waals surface area contributed by atoms with Crippen LogP contribution in [0.1, 0.15) is 48.2 Å². The number of hydrogen-bond acceptors (Lipinski definition) is 4. The number of rotatable bonds is 6. The van der Waals surface area contributed by atoms with Crippen LogP contribution in [0.5, 0.6) is 5.75 Å². The number of benzene rings is 1. The van der Waals surface area contributed by atoms with Crippen LogP contribution in [0, 0.1) is 0 Å². The molecule has 2 aromatic rings. The highest BCUT2D eigenvalue weighted by atomic mass is 35.5. The Morgan fingerprint density at radius 3 is 2.67 bits per heavy atom. The molecule has 6 heteroatoms. The van der Waals surface area contributed by atoms with Gasteiger partial charge in [-0.3, -0.25) is 9.69 Å². The summed E-state index contributed by atoms with van der Waals surface area (Å²) in [4.78, 5) is 17.4. The van der Waals surface area contributed by atoms with Crippen LogP contribution in [0.2, 0.25) is 5.02 Å². The van der Waals surface area contributed by atoms with Crippen LogP contribution in [0.15, 0.2) is 47.1 Å². The number of piperidine rings is 2. The van der Waals surface area contributed by atoms with Gasteiger partial charge in [-0.2, -0.15) is 0 Å². The molecule has 0 unspecified atom stereocenters. The highest BCUT2D eigenvalue weighted by Gasteiger charge is 2.25. The van der Waals surface area contributed by atoms with Crippen LogP contribution < -0.4 is 4.74 Å². The molecular weight excluding hydrogens is 400 g/mol. The maximum atomic E-state index is 13.0. The number of furan rings is 1. The lowest BCUT2D eigenvalue weighted by atomic mass is 10.1. The number of nitrogens with zero attached hydrogens (tertiary/aromatic N) is 2. The van der Waals surface area contributed by atoms with Crippen molar-refractivity contribution in [2.75, 3.05) is 32.7 Å². The molecule has 4 rings (SSSR count). The molecule has 2 saturated heterocycles. The third-order valence-corrected chi connectivity index (χ3v) is 6.07. The van der Waals surface area contributed by atoms with E-state index in [1.165, 1.54) is 6.42 Å². The van der Waals surface area contributed by atoms with Gasteiger partial charge in [0.15, 0.2) is 0 Å². The molecule has 160 valence electrons. The summed E-state index contributed by atoms with van der Waals surface area (Å²) in [5, 5.41) is 0.598. The minimum Gasteiger partial charge on any atom is -0.489 e. The van der Waals surface area contributed by atoms with E-state index in [0.29, 0.717) is 16.3 Å². The fraction of sp³-hybridized carbons (Fsp3) is 0.458. The molecule has 1 aromatic heterocycles. The van der Waals surface area contributed by atoms with Gasteiger partial charge >= 0.3 is 0 Å². The third kappa shape index (κ3) is 5.46. The molecule has 2 fully saturated rings. The normalized spacial score (nSPS) is 18.8. The molecule has 3 heterocycles. The van der Waals surface area contributed by atoms with Crippen LogP contribution in [0.4, 0.5) is 0 Å². The Bertz CT molecular complexity index is 851. The zero-order valence-electron chi connectivity index (χ0n) is 17.3. The zero-order chi connectivity index (χ0) is 20.8. The highest BCUT2D eigenvalue weighted by Crippen LogP contribution is 2.28. The molecule has 2 aliphatic rings. The molecule has 1 aromatic carbocycles. The van der Waals surface area contributed by atoms with E-state index in [1.54, 1.807) is 18.4 Å². The van der Waals surface area contributed by atoms with Gasteiger partial charge < -0.3 is 14.1 Å². The lowest BCUT2D eigenvalue weighted by Crippen LogP contribution is -2.39. The molecule has 30 heavy (non-hydrogen) atoms. The van der Waals surface area contributed by atoms with Gasteiger partial charge in [0.25, 0.3) is 5.91 Å². The Morgan fingerprint density at radius 1 is 1.13 bits per heavy atom. The first kappa shape index (κ1) is 21.0. The first-order valence-electron chi connectivity index (χ1n) is 10.9. The van der Waals surface area contributed by atoms with Crippen molar-refractivity contribution in [1.82, 2.24) is 9.80 Å². The van der Waals surface area contributed by atoms with Crippen molar-refractivity contribution in [3.63, 3.8) is 0 Å². The number of amides is 1. The summed E-state index contributed by atoms with van der Waals surface area (Å²) in [5.41, 5.74) is 0.630. The largest absolute Gasteiger partial charge is 0.489 e. The summed E-state index contributed by atoms with van der Waals surface area (Å²) in [6.07, 6.45) is 11.1. The average molecular weight is 429 g/mol. The Labute approximate surface area is 183 Å². The number of likely N-dealkylation sites (tertiary alicyclic amines) is 2. The molecule has 0 aliphatic carbocycles. The Morgan fingerprint density at radius 2 is 1.93 bits per heavy atom. The third-order valence-electron chi connectivity index (χ3n) is 5.83. The van der Waals surface area contributed by atoms with Gasteiger partial charge in [-0.05, 0) is 68.5 Å². The van der Waals surface area contributed by atoms with Gasteiger partial charge in [0.1, 0.15) is 17.6 Å². The van der Waals surface area contributed by atoms with Gasteiger partial charge in [-0.1, -0.05) is 17.7 Å². The standard InChI is InChI=1S/C24H29ClN2O3/c25-19-8-9-22(24(28)27-13-2-1-3-14-27)23(18-19)30-21-10-15-26(16-11-21)12-4-6-20-7-5-17-29-20/h4-9,17-18,21H,1-3,10-16H2. The van der Waals surface area contributed by atoms with Gasteiger partial charge in [0, 0.05) is 37.7 Å². The van der Waals surface area contributed by atoms with Gasteiger partial charge in [0.05, 0.1) is 11.8 Å². The summed E-state index contributed by atoms with van der Waals surface area (Å²) < 4.78 is 11.6. The summed E-state index contributed by atoms with van der Waals surface area (Å²) in [6, 6.07) is 9.22. The van der Waals surface area contributed by atoms with E-state index in [1.807, 2.05) is 29.2 Å². The number of carbonyl (C=O) groups is 1. The lowest BCUT2D eigenvalue weighted by Gasteiger charge is -2.32. The van der Waals surface area contributed by atoms with E-state index < -0.39 is 0 Å². The molecule has 0 N–H and O–H groups in total. The Kier molecular flexibility index (Phi) is 7.13. The van der Waals surface area contributed by atoms with Crippen molar-refractivity contribution >= 4 is 23.6 Å². The average Bonchev–Trinajstić information content (AvgIpc) is 3.29. The summed E-state index contributed by atoms with van der Waals surface area (Å²) in [6.45, 7) is 4.46. The maximum Gasteiger partial charge on any atom is 0.257 e. The number of hydrogen-bond donors (Lipinski definition) is 0. The zero-order valence-corrected chi connectivity index (χ0v) is 18.0. The maximum absolute atomic E-state index is 13.0. The minimum absolute atomic E-state index is 0.0573. The van der Waals surface area contributed by atoms with Crippen molar-refractivity contribution in [1.29, 1.82) is 0 Å². The molecule has 1 amide bonds. The second-order valence-electron chi connectivity index (χ2n) is 8.03. The van der Waals surface area contributed by atoms with Crippen LogP contribution in [0.3, 0.4) is 0 Å². The number of halogens is 1. The van der Waals surface area contributed by atoms with Gasteiger partial charge in [-0.25, -0.2) is 0 Å². The smallest absolute Gasteiger partial charge is 0.257 e.